The van der Waals surface area contributed by atoms with Crippen molar-refractivity contribution in [3.63, 3.8) is 0 Å². The van der Waals surface area contributed by atoms with Gasteiger partial charge in [0.25, 0.3) is 0 Å². The highest BCUT2D eigenvalue weighted by atomic mass is 16.5. The van der Waals surface area contributed by atoms with Gasteiger partial charge >= 0.3 is 0 Å². The molecule has 150 valence electrons. The van der Waals surface area contributed by atoms with E-state index in [1.165, 1.54) is 12.0 Å². The first-order chi connectivity index (χ1) is 14.1. The summed E-state index contributed by atoms with van der Waals surface area (Å²) >= 11 is 0. The Kier molecular flexibility index (Phi) is 5.59. The van der Waals surface area contributed by atoms with Crippen LogP contribution in [0.15, 0.2) is 59.5 Å². The van der Waals surface area contributed by atoms with Crippen LogP contribution in [0.5, 0.6) is 5.75 Å². The first-order valence-corrected chi connectivity index (χ1v) is 9.51. The number of oxazole rings is 1. The Hall–Kier alpha value is -3.16. The Morgan fingerprint density at radius 3 is 2.97 bits per heavy atom. The number of aliphatic hydroxyl groups excluding tert-OH is 1. The number of primary amides is 1. The molecule has 4 N–H and O–H groups in total. The van der Waals surface area contributed by atoms with E-state index < -0.39 is 12.0 Å². The van der Waals surface area contributed by atoms with Gasteiger partial charge in [-0.15, -0.1) is 0 Å². The van der Waals surface area contributed by atoms with Gasteiger partial charge in [0, 0.05) is 24.6 Å². The van der Waals surface area contributed by atoms with Crippen LogP contribution in [-0.2, 0) is 26.0 Å². The number of hydrogen-bond acceptors (Lipinski definition) is 6. The van der Waals surface area contributed by atoms with Crippen molar-refractivity contribution in [2.75, 3.05) is 0 Å². The molecule has 3 aromatic rings. The van der Waals surface area contributed by atoms with Gasteiger partial charge in [0.1, 0.15) is 12.4 Å². The van der Waals surface area contributed by atoms with Crippen molar-refractivity contribution >= 4 is 5.91 Å². The molecule has 2 atom stereocenters. The number of rotatable bonds is 7. The molecule has 4 rings (SSSR count). The van der Waals surface area contributed by atoms with Gasteiger partial charge in [0.2, 0.25) is 5.91 Å². The van der Waals surface area contributed by atoms with Crippen LogP contribution in [0.25, 0.3) is 0 Å². The lowest BCUT2D eigenvalue weighted by atomic mass is 9.89. The number of carbonyl (C=O) groups excluding carboxylic acids is 1. The lowest BCUT2D eigenvalue weighted by molar-refractivity contribution is 0.0995. The zero-order valence-electron chi connectivity index (χ0n) is 15.9. The number of carbonyl (C=O) groups is 1. The fourth-order valence-electron chi connectivity index (χ4n) is 3.65. The second-order valence-electron chi connectivity index (χ2n) is 7.17. The summed E-state index contributed by atoms with van der Waals surface area (Å²) in [6, 6.07) is 13.0. The smallest absolute Gasteiger partial charge is 0.248 e. The largest absolute Gasteiger partial charge is 0.486 e. The third-order valence-electron chi connectivity index (χ3n) is 5.21. The number of aromatic nitrogens is 1. The molecule has 0 fully saturated rings. The Morgan fingerprint density at radius 1 is 1.31 bits per heavy atom. The van der Waals surface area contributed by atoms with E-state index in [1.54, 1.807) is 18.3 Å². The number of benzene rings is 2. The molecular weight excluding hydrogens is 370 g/mol. The van der Waals surface area contributed by atoms with E-state index in [0.29, 0.717) is 37.3 Å². The summed E-state index contributed by atoms with van der Waals surface area (Å²) in [6.07, 6.45) is 3.43. The van der Waals surface area contributed by atoms with E-state index in [1.807, 2.05) is 30.3 Å². The average Bonchev–Trinajstić information content (AvgIpc) is 3.25. The van der Waals surface area contributed by atoms with Crippen LogP contribution < -0.4 is 15.8 Å². The first kappa shape index (κ1) is 19.2. The molecule has 2 heterocycles. The second-order valence-corrected chi connectivity index (χ2v) is 7.17. The lowest BCUT2D eigenvalue weighted by Crippen LogP contribution is -2.45. The number of fused-ring (bicyclic) bond motifs is 1. The van der Waals surface area contributed by atoms with Crippen LogP contribution >= 0.6 is 0 Å². The Balaban J connectivity index is 1.40. The number of nitrogens with one attached hydrogen (secondary N) is 1. The fraction of sp³-hybridized carbons (Fsp3) is 0.273. The number of hydrogen-bond donors (Lipinski definition) is 3. The van der Waals surface area contributed by atoms with Gasteiger partial charge < -0.3 is 25.3 Å². The van der Waals surface area contributed by atoms with Crippen molar-refractivity contribution in [1.82, 2.24) is 10.3 Å². The minimum atomic E-state index is -0.633. The predicted octanol–water partition coefficient (Wildman–Crippen LogP) is 1.97. The van der Waals surface area contributed by atoms with Crippen LogP contribution in [0.3, 0.4) is 0 Å². The van der Waals surface area contributed by atoms with Gasteiger partial charge in [-0.1, -0.05) is 24.3 Å². The summed E-state index contributed by atoms with van der Waals surface area (Å²) in [6.45, 7) is 0.959. The van der Waals surface area contributed by atoms with Crippen LogP contribution in [0.1, 0.15) is 32.8 Å². The quantitative estimate of drug-likeness (QED) is 0.566. The summed E-state index contributed by atoms with van der Waals surface area (Å²) < 4.78 is 10.9. The zero-order chi connectivity index (χ0) is 20.2. The van der Waals surface area contributed by atoms with Gasteiger partial charge in [-0.3, -0.25) is 4.79 Å². The van der Waals surface area contributed by atoms with Crippen LogP contribution in [0.2, 0.25) is 0 Å². The highest BCUT2D eigenvalue weighted by Gasteiger charge is 2.26. The maximum Gasteiger partial charge on any atom is 0.248 e. The minimum absolute atomic E-state index is 0.107. The van der Waals surface area contributed by atoms with Crippen molar-refractivity contribution in [2.24, 2.45) is 5.73 Å². The molecule has 0 radical (unpaired) electrons. The molecular formula is C22H23N3O4. The molecule has 1 aromatic heterocycles. The minimum Gasteiger partial charge on any atom is -0.486 e. The SMILES string of the molecule is NC(=O)c1ccccc1C[C@@H](O)[C@@H]1Cc2ccc(OCc3cnco3)cc2CN1. The van der Waals surface area contributed by atoms with E-state index >= 15 is 0 Å². The molecule has 7 nitrogen and oxygen atoms in total. The van der Waals surface area contributed by atoms with Crippen LogP contribution in [-0.4, -0.2) is 28.1 Å². The number of nitrogens with zero attached hydrogens (tertiary/aromatic N) is 1. The van der Waals surface area contributed by atoms with E-state index in [0.717, 1.165) is 16.9 Å². The molecule has 1 aliphatic rings. The lowest BCUT2D eigenvalue weighted by Gasteiger charge is -2.30. The van der Waals surface area contributed by atoms with Crippen molar-refractivity contribution in [3.8, 4) is 5.75 Å². The fourth-order valence-corrected chi connectivity index (χ4v) is 3.65. The predicted molar refractivity (Wildman–Crippen MR) is 106 cm³/mol. The highest BCUT2D eigenvalue weighted by Crippen LogP contribution is 2.25. The summed E-state index contributed by atoms with van der Waals surface area (Å²) in [5.74, 6) is 0.948. The first-order valence-electron chi connectivity index (χ1n) is 9.51. The molecule has 0 bridgehead atoms. The number of aliphatic hydroxyl groups is 1. The molecule has 0 aliphatic carbocycles. The van der Waals surface area contributed by atoms with Crippen LogP contribution in [0, 0.1) is 0 Å². The Bertz CT molecular complexity index is 987. The average molecular weight is 393 g/mol. The molecule has 7 heteroatoms. The summed E-state index contributed by atoms with van der Waals surface area (Å²) in [4.78, 5) is 15.5. The van der Waals surface area contributed by atoms with E-state index in [9.17, 15) is 9.90 Å². The van der Waals surface area contributed by atoms with Gasteiger partial charge in [0.15, 0.2) is 12.2 Å². The molecule has 1 aliphatic heterocycles. The number of amides is 1. The van der Waals surface area contributed by atoms with Gasteiger partial charge in [-0.05, 0) is 41.3 Å². The molecule has 2 aromatic carbocycles. The highest BCUT2D eigenvalue weighted by molar-refractivity contribution is 5.94. The van der Waals surface area contributed by atoms with Crippen molar-refractivity contribution in [3.05, 3.63) is 83.1 Å². The third-order valence-corrected chi connectivity index (χ3v) is 5.21. The zero-order valence-corrected chi connectivity index (χ0v) is 15.9. The van der Waals surface area contributed by atoms with E-state index in [2.05, 4.69) is 10.3 Å². The molecule has 1 amide bonds. The summed E-state index contributed by atoms with van der Waals surface area (Å²) in [7, 11) is 0. The normalized spacial score (nSPS) is 16.8. The van der Waals surface area contributed by atoms with Crippen molar-refractivity contribution in [2.45, 2.75) is 38.1 Å². The van der Waals surface area contributed by atoms with Crippen molar-refractivity contribution in [1.29, 1.82) is 0 Å². The number of nitrogens with two attached hydrogens (primary N) is 1. The van der Waals surface area contributed by atoms with Gasteiger partial charge in [0.05, 0.1) is 12.3 Å². The molecule has 0 unspecified atom stereocenters. The second kappa shape index (κ2) is 8.46. The van der Waals surface area contributed by atoms with E-state index in [4.69, 9.17) is 14.9 Å². The molecule has 0 spiro atoms. The third kappa shape index (κ3) is 4.47. The maximum absolute atomic E-state index is 11.6. The maximum atomic E-state index is 11.6. The summed E-state index contributed by atoms with van der Waals surface area (Å²) in [5.41, 5.74) is 8.97. The van der Waals surface area contributed by atoms with Gasteiger partial charge in [-0.2, -0.15) is 0 Å². The monoisotopic (exact) mass is 393 g/mol. The van der Waals surface area contributed by atoms with E-state index in [-0.39, 0.29) is 6.04 Å². The van der Waals surface area contributed by atoms with Crippen LogP contribution in [0.4, 0.5) is 0 Å². The standard InChI is InChI=1S/C22H23N3O4/c23-22(27)19-4-2-1-3-15(19)9-21(26)20-8-14-5-6-17(7-16(14)10-25-20)28-12-18-11-24-13-29-18/h1-7,11,13,20-21,25-26H,8-10,12H2,(H2,23,27)/t20-,21+/m0/s1. The Labute approximate surface area is 168 Å². The Morgan fingerprint density at radius 2 is 2.17 bits per heavy atom. The summed E-state index contributed by atoms with van der Waals surface area (Å²) in [5, 5.41) is 14.1. The van der Waals surface area contributed by atoms with Gasteiger partial charge in [-0.25, -0.2) is 4.98 Å². The topological polar surface area (TPSA) is 111 Å². The van der Waals surface area contributed by atoms with Crippen molar-refractivity contribution < 1.29 is 19.1 Å². The molecule has 29 heavy (non-hydrogen) atoms. The molecule has 0 saturated heterocycles. The molecule has 0 saturated carbocycles. The number of ether oxygens (including phenoxy) is 1.